The first-order chi connectivity index (χ1) is 4.33. The number of benzene rings is 1. The predicted octanol–water partition coefficient (Wildman–Crippen LogP) is 2.39. The SMILES string of the molecule is CCc1cccc([O])c1. The summed E-state index contributed by atoms with van der Waals surface area (Å²) < 4.78 is 0. The molecular formula is C8H9O. The molecule has 0 bridgehead atoms. The van der Waals surface area contributed by atoms with Crippen molar-refractivity contribution in [1.82, 2.24) is 0 Å². The minimum Gasteiger partial charge on any atom is -0.290 e. The smallest absolute Gasteiger partial charge is 0.178 e. The molecule has 0 aliphatic rings. The molecule has 1 nitrogen and oxygen atoms in total. The van der Waals surface area contributed by atoms with Crippen molar-refractivity contribution in [3.63, 3.8) is 0 Å². The molecule has 0 aliphatic carbocycles. The molecule has 0 spiro atoms. The molecule has 1 aromatic carbocycles. The molecule has 0 aromatic heterocycles. The fraction of sp³-hybridized carbons (Fsp3) is 0.250. The molecule has 0 atom stereocenters. The Morgan fingerprint density at radius 2 is 2.22 bits per heavy atom. The summed E-state index contributed by atoms with van der Waals surface area (Å²) in [6.45, 7) is 2.04. The third-order valence-corrected chi connectivity index (χ3v) is 1.31. The van der Waals surface area contributed by atoms with E-state index in [0.717, 1.165) is 12.0 Å². The number of hydrogen-bond donors (Lipinski definition) is 0. The normalized spacial score (nSPS) is 9.44. The summed E-state index contributed by atoms with van der Waals surface area (Å²) in [4.78, 5) is 0. The number of aryl methyl sites for hydroxylation is 1. The Balaban J connectivity index is 2.94. The summed E-state index contributed by atoms with van der Waals surface area (Å²) in [7, 11) is 0. The van der Waals surface area contributed by atoms with Gasteiger partial charge in [-0.2, -0.15) is 0 Å². The molecule has 0 unspecified atom stereocenters. The Morgan fingerprint density at radius 3 is 2.67 bits per heavy atom. The van der Waals surface area contributed by atoms with Crippen molar-refractivity contribution in [2.45, 2.75) is 13.3 Å². The molecule has 1 rings (SSSR count). The van der Waals surface area contributed by atoms with Gasteiger partial charge < -0.3 is 0 Å². The van der Waals surface area contributed by atoms with Crippen LogP contribution in [0.1, 0.15) is 12.5 Å². The quantitative estimate of drug-likeness (QED) is 0.543. The first-order valence-corrected chi connectivity index (χ1v) is 3.09. The van der Waals surface area contributed by atoms with Gasteiger partial charge in [0, 0.05) is 0 Å². The van der Waals surface area contributed by atoms with Gasteiger partial charge in [0.25, 0.3) is 0 Å². The van der Waals surface area contributed by atoms with Crippen LogP contribution in [-0.2, 0) is 11.5 Å². The molecule has 0 saturated heterocycles. The van der Waals surface area contributed by atoms with Gasteiger partial charge in [0.1, 0.15) is 0 Å². The molecular weight excluding hydrogens is 112 g/mol. The second kappa shape index (κ2) is 2.53. The molecule has 1 heteroatoms. The Hall–Kier alpha value is -0.980. The maximum absolute atomic E-state index is 10.6. The van der Waals surface area contributed by atoms with E-state index in [0.29, 0.717) is 0 Å². The van der Waals surface area contributed by atoms with E-state index in [2.05, 4.69) is 0 Å². The predicted molar refractivity (Wildman–Crippen MR) is 36.0 cm³/mol. The Morgan fingerprint density at radius 1 is 1.44 bits per heavy atom. The minimum absolute atomic E-state index is 0.106. The lowest BCUT2D eigenvalue weighted by molar-refractivity contribution is 0.354. The first kappa shape index (κ1) is 6.14. The highest BCUT2D eigenvalue weighted by atomic mass is 16.3. The summed E-state index contributed by atoms with van der Waals surface area (Å²) >= 11 is 0. The molecule has 0 N–H and O–H groups in total. The number of hydrogen-bond acceptors (Lipinski definition) is 0. The second-order valence-corrected chi connectivity index (χ2v) is 2.00. The fourth-order valence-electron chi connectivity index (χ4n) is 0.765. The topological polar surface area (TPSA) is 19.9 Å². The Kier molecular flexibility index (Phi) is 1.73. The molecule has 0 fully saturated rings. The lowest BCUT2D eigenvalue weighted by Gasteiger charge is -1.92. The van der Waals surface area contributed by atoms with Crippen LogP contribution in [0.15, 0.2) is 24.3 Å². The van der Waals surface area contributed by atoms with Crippen LogP contribution in [0.2, 0.25) is 0 Å². The van der Waals surface area contributed by atoms with Crippen LogP contribution in [0.4, 0.5) is 0 Å². The maximum atomic E-state index is 10.6. The monoisotopic (exact) mass is 121 g/mol. The lowest BCUT2D eigenvalue weighted by Crippen LogP contribution is -1.75. The van der Waals surface area contributed by atoms with Crippen LogP contribution in [0.5, 0.6) is 5.75 Å². The van der Waals surface area contributed by atoms with Crippen molar-refractivity contribution in [1.29, 1.82) is 0 Å². The molecule has 9 heavy (non-hydrogen) atoms. The van der Waals surface area contributed by atoms with Gasteiger partial charge in [-0.05, 0) is 24.1 Å². The zero-order valence-corrected chi connectivity index (χ0v) is 5.42. The van der Waals surface area contributed by atoms with E-state index in [1.165, 1.54) is 0 Å². The van der Waals surface area contributed by atoms with Gasteiger partial charge in [-0.1, -0.05) is 19.1 Å². The van der Waals surface area contributed by atoms with E-state index in [-0.39, 0.29) is 5.75 Å². The van der Waals surface area contributed by atoms with Crippen molar-refractivity contribution >= 4 is 0 Å². The van der Waals surface area contributed by atoms with Crippen molar-refractivity contribution in [2.24, 2.45) is 0 Å². The number of rotatable bonds is 1. The van der Waals surface area contributed by atoms with Gasteiger partial charge >= 0.3 is 0 Å². The van der Waals surface area contributed by atoms with Gasteiger partial charge in [0.05, 0.1) is 0 Å². The van der Waals surface area contributed by atoms with Gasteiger partial charge in [-0.15, -0.1) is 0 Å². The third kappa shape index (κ3) is 1.46. The van der Waals surface area contributed by atoms with Gasteiger partial charge in [0.2, 0.25) is 0 Å². The second-order valence-electron chi connectivity index (χ2n) is 2.00. The first-order valence-electron chi connectivity index (χ1n) is 3.09. The van der Waals surface area contributed by atoms with E-state index >= 15 is 0 Å². The summed E-state index contributed by atoms with van der Waals surface area (Å²) in [6, 6.07) is 6.99. The fourth-order valence-corrected chi connectivity index (χ4v) is 0.765. The zero-order chi connectivity index (χ0) is 6.69. The van der Waals surface area contributed by atoms with E-state index in [1.54, 1.807) is 18.2 Å². The standard InChI is InChI=1S/C8H9O/c1-2-7-4-3-5-8(9)6-7/h3-6H,2H2,1H3. The summed E-state index contributed by atoms with van der Waals surface area (Å²) in [5, 5.41) is 10.6. The van der Waals surface area contributed by atoms with Crippen molar-refractivity contribution < 1.29 is 5.11 Å². The van der Waals surface area contributed by atoms with Crippen LogP contribution in [0.3, 0.4) is 0 Å². The van der Waals surface area contributed by atoms with Crippen LogP contribution < -0.4 is 0 Å². The molecule has 0 aliphatic heterocycles. The largest absolute Gasteiger partial charge is 0.290 e. The summed E-state index contributed by atoms with van der Waals surface area (Å²) in [5.41, 5.74) is 1.11. The van der Waals surface area contributed by atoms with Crippen LogP contribution in [0, 0.1) is 0 Å². The molecule has 1 radical (unpaired) electrons. The van der Waals surface area contributed by atoms with Crippen molar-refractivity contribution in [3.8, 4) is 5.75 Å². The summed E-state index contributed by atoms with van der Waals surface area (Å²) in [6.07, 6.45) is 0.941. The molecule has 0 amide bonds. The van der Waals surface area contributed by atoms with E-state index < -0.39 is 0 Å². The highest BCUT2D eigenvalue weighted by Gasteiger charge is 1.89. The highest BCUT2D eigenvalue weighted by molar-refractivity contribution is 5.26. The van der Waals surface area contributed by atoms with Crippen molar-refractivity contribution in [2.75, 3.05) is 0 Å². The molecule has 47 valence electrons. The Bertz CT molecular complexity index is 194. The van der Waals surface area contributed by atoms with Crippen molar-refractivity contribution in [3.05, 3.63) is 29.8 Å². The van der Waals surface area contributed by atoms with E-state index in [1.807, 2.05) is 13.0 Å². The Labute approximate surface area is 55.0 Å². The molecule has 0 heterocycles. The van der Waals surface area contributed by atoms with E-state index in [9.17, 15) is 5.11 Å². The van der Waals surface area contributed by atoms with E-state index in [4.69, 9.17) is 0 Å². The molecule has 1 aromatic rings. The lowest BCUT2D eigenvalue weighted by atomic mass is 10.2. The minimum atomic E-state index is 0.106. The van der Waals surface area contributed by atoms with Crippen LogP contribution >= 0.6 is 0 Å². The van der Waals surface area contributed by atoms with Gasteiger partial charge in [-0.3, -0.25) is 5.11 Å². The maximum Gasteiger partial charge on any atom is 0.178 e. The van der Waals surface area contributed by atoms with Crippen LogP contribution in [-0.4, -0.2) is 0 Å². The molecule has 0 saturated carbocycles. The average Bonchev–Trinajstić information content (AvgIpc) is 1.88. The van der Waals surface area contributed by atoms with Crippen LogP contribution in [0.25, 0.3) is 0 Å². The average molecular weight is 121 g/mol. The third-order valence-electron chi connectivity index (χ3n) is 1.31. The zero-order valence-electron chi connectivity index (χ0n) is 5.42. The summed E-state index contributed by atoms with van der Waals surface area (Å²) in [5.74, 6) is 0.106. The highest BCUT2D eigenvalue weighted by Crippen LogP contribution is 2.11. The van der Waals surface area contributed by atoms with Gasteiger partial charge in [0.15, 0.2) is 5.75 Å². The van der Waals surface area contributed by atoms with Gasteiger partial charge in [-0.25, -0.2) is 0 Å².